The van der Waals surface area contributed by atoms with Gasteiger partial charge in [0.05, 0.1) is 12.2 Å². The lowest BCUT2D eigenvalue weighted by Gasteiger charge is -2.07. The van der Waals surface area contributed by atoms with Crippen molar-refractivity contribution in [3.63, 3.8) is 0 Å². The van der Waals surface area contributed by atoms with Crippen LogP contribution in [0.4, 0.5) is 5.69 Å². The maximum absolute atomic E-state index is 11.9. The normalized spacial score (nSPS) is 10.5. The van der Waals surface area contributed by atoms with Crippen LogP contribution in [-0.4, -0.2) is 9.55 Å². The predicted molar refractivity (Wildman–Crippen MR) is 70.9 cm³/mol. The van der Waals surface area contributed by atoms with Crippen molar-refractivity contribution in [3.05, 3.63) is 56.7 Å². The first-order chi connectivity index (χ1) is 8.06. The number of hydrogen-bond donors (Lipinski definition) is 1. The number of nitrogen functional groups attached to an aromatic ring is 1. The maximum atomic E-state index is 11.9. The van der Waals surface area contributed by atoms with Gasteiger partial charge in [0.15, 0.2) is 0 Å². The zero-order valence-electron chi connectivity index (χ0n) is 9.35. The molecule has 4 nitrogen and oxygen atoms in total. The Kier molecular flexibility index (Phi) is 3.28. The lowest BCUT2D eigenvalue weighted by Crippen LogP contribution is -2.22. The highest BCUT2D eigenvalue weighted by Gasteiger charge is 2.03. The molecule has 0 saturated heterocycles. The summed E-state index contributed by atoms with van der Waals surface area (Å²) in [5.41, 5.74) is 7.77. The smallest absolute Gasteiger partial charge is 0.253 e. The van der Waals surface area contributed by atoms with E-state index < -0.39 is 0 Å². The molecule has 0 spiro atoms. The van der Waals surface area contributed by atoms with Gasteiger partial charge in [-0.05, 0) is 41.1 Å². The van der Waals surface area contributed by atoms with Gasteiger partial charge in [-0.2, -0.15) is 0 Å². The van der Waals surface area contributed by atoms with Gasteiger partial charge < -0.3 is 10.3 Å². The zero-order chi connectivity index (χ0) is 12.4. The minimum absolute atomic E-state index is 0.0163. The molecular formula is C12H12BrN3O. The highest BCUT2D eigenvalue weighted by molar-refractivity contribution is 9.10. The lowest BCUT2D eigenvalue weighted by molar-refractivity contribution is 0.731. The summed E-state index contributed by atoms with van der Waals surface area (Å²) in [4.78, 5) is 16.1. The molecule has 17 heavy (non-hydrogen) atoms. The monoisotopic (exact) mass is 293 g/mol. The first-order valence-corrected chi connectivity index (χ1v) is 5.92. The third-order valence-electron chi connectivity index (χ3n) is 2.40. The Morgan fingerprint density at radius 2 is 2.24 bits per heavy atom. The van der Waals surface area contributed by atoms with Gasteiger partial charge in [-0.3, -0.25) is 9.78 Å². The molecule has 2 aromatic heterocycles. The summed E-state index contributed by atoms with van der Waals surface area (Å²) in [5, 5.41) is 0. The SMILES string of the molecule is Cc1cc(Br)cn(Cc2cc(N)ccn2)c1=O. The average molecular weight is 294 g/mol. The van der Waals surface area contributed by atoms with Crippen molar-refractivity contribution in [2.75, 3.05) is 5.73 Å². The standard InChI is InChI=1S/C12H12BrN3O/c1-8-4-9(13)6-16(12(8)17)7-11-5-10(14)2-3-15-11/h2-6H,7H2,1H3,(H2,14,15). The second kappa shape index (κ2) is 4.71. The van der Waals surface area contributed by atoms with Crippen LogP contribution in [0, 0.1) is 6.92 Å². The quantitative estimate of drug-likeness (QED) is 0.921. The highest BCUT2D eigenvalue weighted by Crippen LogP contribution is 2.10. The number of pyridine rings is 2. The summed E-state index contributed by atoms with van der Waals surface area (Å²) in [6, 6.07) is 5.28. The van der Waals surface area contributed by atoms with Crippen LogP contribution in [0.1, 0.15) is 11.3 Å². The minimum atomic E-state index is -0.0163. The molecule has 2 N–H and O–H groups in total. The topological polar surface area (TPSA) is 60.9 Å². The number of anilines is 1. The van der Waals surface area contributed by atoms with Crippen LogP contribution < -0.4 is 11.3 Å². The van der Waals surface area contributed by atoms with Crippen LogP contribution >= 0.6 is 15.9 Å². The van der Waals surface area contributed by atoms with Gasteiger partial charge >= 0.3 is 0 Å². The third-order valence-corrected chi connectivity index (χ3v) is 2.84. The van der Waals surface area contributed by atoms with E-state index in [0.717, 1.165) is 10.2 Å². The Morgan fingerprint density at radius 1 is 1.47 bits per heavy atom. The molecular weight excluding hydrogens is 282 g/mol. The van der Waals surface area contributed by atoms with E-state index in [-0.39, 0.29) is 5.56 Å². The number of aryl methyl sites for hydroxylation is 1. The van der Waals surface area contributed by atoms with E-state index in [1.54, 1.807) is 42.1 Å². The van der Waals surface area contributed by atoms with Crippen molar-refractivity contribution in [1.29, 1.82) is 0 Å². The molecule has 0 fully saturated rings. The van der Waals surface area contributed by atoms with E-state index in [4.69, 9.17) is 5.73 Å². The van der Waals surface area contributed by atoms with Gasteiger partial charge in [-0.1, -0.05) is 0 Å². The Hall–Kier alpha value is -1.62. The second-order valence-corrected chi connectivity index (χ2v) is 4.77. The van der Waals surface area contributed by atoms with E-state index >= 15 is 0 Å². The van der Waals surface area contributed by atoms with Crippen molar-refractivity contribution in [3.8, 4) is 0 Å². The van der Waals surface area contributed by atoms with E-state index in [0.29, 0.717) is 17.8 Å². The molecule has 0 aliphatic rings. The minimum Gasteiger partial charge on any atom is -0.399 e. The fourth-order valence-corrected chi connectivity index (χ4v) is 2.21. The number of halogens is 1. The summed E-state index contributed by atoms with van der Waals surface area (Å²) < 4.78 is 2.49. The van der Waals surface area contributed by atoms with Crippen LogP contribution in [0.2, 0.25) is 0 Å². The van der Waals surface area contributed by atoms with E-state index in [1.807, 2.05) is 0 Å². The van der Waals surface area contributed by atoms with Gasteiger partial charge in [0.1, 0.15) is 0 Å². The Bertz CT molecular complexity index is 607. The number of hydrogen-bond acceptors (Lipinski definition) is 3. The zero-order valence-corrected chi connectivity index (χ0v) is 10.9. The second-order valence-electron chi connectivity index (χ2n) is 3.85. The third kappa shape index (κ3) is 2.74. The molecule has 0 bridgehead atoms. The lowest BCUT2D eigenvalue weighted by atomic mass is 10.3. The number of rotatable bonds is 2. The molecule has 0 unspecified atom stereocenters. The Balaban J connectivity index is 2.40. The number of nitrogens with two attached hydrogens (primary N) is 1. The summed E-state index contributed by atoms with van der Waals surface area (Å²) in [6.45, 7) is 2.21. The molecule has 88 valence electrons. The average Bonchev–Trinajstić information content (AvgIpc) is 2.25. The van der Waals surface area contributed by atoms with E-state index in [1.165, 1.54) is 0 Å². The van der Waals surface area contributed by atoms with Crippen LogP contribution in [0.25, 0.3) is 0 Å². The van der Waals surface area contributed by atoms with Crippen LogP contribution in [-0.2, 0) is 6.54 Å². The van der Waals surface area contributed by atoms with Crippen LogP contribution in [0.5, 0.6) is 0 Å². The van der Waals surface area contributed by atoms with Crippen molar-refractivity contribution in [1.82, 2.24) is 9.55 Å². The Labute approximate surface area is 107 Å². The van der Waals surface area contributed by atoms with Crippen molar-refractivity contribution < 1.29 is 0 Å². The molecule has 5 heteroatoms. The van der Waals surface area contributed by atoms with Gasteiger partial charge in [-0.15, -0.1) is 0 Å². The molecule has 0 radical (unpaired) electrons. The maximum Gasteiger partial charge on any atom is 0.253 e. The molecule has 0 aliphatic carbocycles. The Morgan fingerprint density at radius 3 is 2.94 bits per heavy atom. The fraction of sp³-hybridized carbons (Fsp3) is 0.167. The van der Waals surface area contributed by atoms with Crippen LogP contribution in [0.3, 0.4) is 0 Å². The predicted octanol–water partition coefficient (Wildman–Crippen LogP) is 1.94. The van der Waals surface area contributed by atoms with Crippen molar-refractivity contribution in [2.24, 2.45) is 0 Å². The molecule has 0 aromatic carbocycles. The molecule has 0 atom stereocenters. The summed E-state index contributed by atoms with van der Waals surface area (Å²) in [7, 11) is 0. The van der Waals surface area contributed by atoms with E-state index in [9.17, 15) is 4.79 Å². The summed E-state index contributed by atoms with van der Waals surface area (Å²) in [6.07, 6.45) is 3.39. The molecule has 0 aliphatic heterocycles. The highest BCUT2D eigenvalue weighted by atomic mass is 79.9. The first-order valence-electron chi connectivity index (χ1n) is 5.13. The van der Waals surface area contributed by atoms with Gasteiger partial charge in [-0.25, -0.2) is 0 Å². The fourth-order valence-electron chi connectivity index (χ4n) is 1.62. The van der Waals surface area contributed by atoms with Crippen LogP contribution in [0.15, 0.2) is 39.9 Å². The van der Waals surface area contributed by atoms with Gasteiger partial charge in [0.2, 0.25) is 0 Å². The number of aromatic nitrogens is 2. The largest absolute Gasteiger partial charge is 0.399 e. The van der Waals surface area contributed by atoms with E-state index in [2.05, 4.69) is 20.9 Å². The van der Waals surface area contributed by atoms with Gasteiger partial charge in [0, 0.05) is 28.1 Å². The first kappa shape index (κ1) is 11.9. The summed E-state index contributed by atoms with van der Waals surface area (Å²) >= 11 is 3.37. The molecule has 0 saturated carbocycles. The van der Waals surface area contributed by atoms with Crippen molar-refractivity contribution in [2.45, 2.75) is 13.5 Å². The number of nitrogens with zero attached hydrogens (tertiary/aromatic N) is 2. The molecule has 0 amide bonds. The molecule has 2 aromatic rings. The van der Waals surface area contributed by atoms with Crippen molar-refractivity contribution >= 4 is 21.6 Å². The molecule has 2 heterocycles. The molecule has 2 rings (SSSR count). The van der Waals surface area contributed by atoms with Gasteiger partial charge in [0.25, 0.3) is 5.56 Å². The summed E-state index contributed by atoms with van der Waals surface area (Å²) in [5.74, 6) is 0.